The van der Waals surface area contributed by atoms with Crippen LogP contribution in [-0.2, 0) is 13.2 Å². The van der Waals surface area contributed by atoms with Gasteiger partial charge in [-0.05, 0) is 17.2 Å². The number of rotatable bonds is 5. The molecule has 2 aromatic heterocycles. The molecule has 3 aromatic rings. The van der Waals surface area contributed by atoms with Crippen LogP contribution in [0.15, 0.2) is 36.7 Å². The number of aromatic nitrogens is 4. The lowest BCUT2D eigenvalue weighted by atomic mass is 10.1. The first-order valence-electron chi connectivity index (χ1n) is 8.16. The van der Waals surface area contributed by atoms with Gasteiger partial charge in [-0.3, -0.25) is 0 Å². The summed E-state index contributed by atoms with van der Waals surface area (Å²) in [7, 11) is 2.91. The van der Waals surface area contributed by atoms with E-state index in [4.69, 9.17) is 16.3 Å². The number of imidazole rings is 1. The Morgan fingerprint density at radius 3 is 2.48 bits per heavy atom. The van der Waals surface area contributed by atoms with Gasteiger partial charge in [-0.2, -0.15) is 23.4 Å². The van der Waals surface area contributed by atoms with E-state index in [0.29, 0.717) is 16.9 Å². The van der Waals surface area contributed by atoms with Gasteiger partial charge in [0.2, 0.25) is 5.28 Å². The molecule has 0 aliphatic heterocycles. The molecule has 0 aliphatic carbocycles. The minimum Gasteiger partial charge on any atom is -0.491 e. The van der Waals surface area contributed by atoms with Crippen LogP contribution in [0.2, 0.25) is 5.28 Å². The van der Waals surface area contributed by atoms with Gasteiger partial charge in [-0.25, -0.2) is 9.97 Å². The first-order valence-corrected chi connectivity index (χ1v) is 8.54. The third-order valence-electron chi connectivity index (χ3n) is 4.02. The summed E-state index contributed by atoms with van der Waals surface area (Å²) in [6.45, 7) is 0. The highest BCUT2D eigenvalue weighted by Gasteiger charge is 2.34. The molecule has 1 atom stereocenters. The van der Waals surface area contributed by atoms with Crippen molar-refractivity contribution in [1.29, 1.82) is 5.26 Å². The summed E-state index contributed by atoms with van der Waals surface area (Å²) in [5.74, 6) is 0.704. The summed E-state index contributed by atoms with van der Waals surface area (Å²) in [5, 5.41) is 12.4. The topological polar surface area (TPSA) is 88.7 Å². The fourth-order valence-electron chi connectivity index (χ4n) is 2.62. The standard InChI is InChI=1S/C18H14ClF3N6O/c1-28-9-14(18(20,21)22)26-16(28)11-5-3-10(4-6-11)12(7-23)25-15-13(29-2)8-24-17(19)27-15/h3-6,8-9,12H,1-2H3,(H,24,25,27). The third kappa shape index (κ3) is 4.41. The quantitative estimate of drug-likeness (QED) is 0.619. The molecule has 0 saturated carbocycles. The van der Waals surface area contributed by atoms with Crippen LogP contribution < -0.4 is 10.1 Å². The second-order valence-electron chi connectivity index (χ2n) is 5.94. The van der Waals surface area contributed by atoms with E-state index in [0.717, 1.165) is 6.20 Å². The highest BCUT2D eigenvalue weighted by atomic mass is 35.5. The van der Waals surface area contributed by atoms with Crippen molar-refractivity contribution in [2.24, 2.45) is 7.05 Å². The molecule has 3 rings (SSSR count). The van der Waals surface area contributed by atoms with E-state index >= 15 is 0 Å². The molecule has 11 heteroatoms. The summed E-state index contributed by atoms with van der Waals surface area (Å²) >= 11 is 5.79. The number of halogens is 4. The van der Waals surface area contributed by atoms with E-state index in [9.17, 15) is 18.4 Å². The zero-order chi connectivity index (χ0) is 21.2. The smallest absolute Gasteiger partial charge is 0.434 e. The number of ether oxygens (including phenoxy) is 1. The minimum atomic E-state index is -4.52. The summed E-state index contributed by atoms with van der Waals surface area (Å²) in [6, 6.07) is 7.70. The maximum absolute atomic E-state index is 12.9. The predicted molar refractivity (Wildman–Crippen MR) is 99.2 cm³/mol. The SMILES string of the molecule is COc1cnc(Cl)nc1NC(C#N)c1ccc(-c2nc(C(F)(F)F)cn2C)cc1. The van der Waals surface area contributed by atoms with Gasteiger partial charge >= 0.3 is 6.18 Å². The lowest BCUT2D eigenvalue weighted by Gasteiger charge is -2.15. The Labute approximate surface area is 168 Å². The summed E-state index contributed by atoms with van der Waals surface area (Å²) < 4.78 is 45.0. The summed E-state index contributed by atoms with van der Waals surface area (Å²) in [5.41, 5.74) is 0.0766. The monoisotopic (exact) mass is 422 g/mol. The van der Waals surface area contributed by atoms with Gasteiger partial charge in [-0.1, -0.05) is 24.3 Å². The number of benzene rings is 1. The van der Waals surface area contributed by atoms with Gasteiger partial charge in [0.05, 0.1) is 19.4 Å². The van der Waals surface area contributed by atoms with E-state index in [1.807, 2.05) is 0 Å². The maximum Gasteiger partial charge on any atom is 0.434 e. The average molecular weight is 423 g/mol. The Bertz CT molecular complexity index is 1060. The number of anilines is 1. The van der Waals surface area contributed by atoms with E-state index in [1.54, 1.807) is 24.3 Å². The molecule has 0 fully saturated rings. The lowest BCUT2D eigenvalue weighted by Crippen LogP contribution is -2.11. The third-order valence-corrected chi connectivity index (χ3v) is 4.21. The number of nitrogens with zero attached hydrogens (tertiary/aromatic N) is 5. The van der Waals surface area contributed by atoms with Crippen molar-refractivity contribution in [3.63, 3.8) is 0 Å². The number of nitriles is 1. The van der Waals surface area contributed by atoms with E-state index < -0.39 is 17.9 Å². The fourth-order valence-corrected chi connectivity index (χ4v) is 2.76. The van der Waals surface area contributed by atoms with Crippen LogP contribution in [0.5, 0.6) is 5.75 Å². The first-order chi connectivity index (χ1) is 13.7. The van der Waals surface area contributed by atoms with Gasteiger partial charge in [0, 0.05) is 18.8 Å². The van der Waals surface area contributed by atoms with Crippen LogP contribution in [0.25, 0.3) is 11.4 Å². The van der Waals surface area contributed by atoms with Crippen molar-refractivity contribution >= 4 is 17.4 Å². The summed E-state index contributed by atoms with van der Waals surface area (Å²) in [6.07, 6.45) is -2.23. The van der Waals surface area contributed by atoms with Crippen LogP contribution in [0.4, 0.5) is 19.0 Å². The molecule has 29 heavy (non-hydrogen) atoms. The van der Waals surface area contributed by atoms with Crippen LogP contribution in [0.1, 0.15) is 17.3 Å². The number of nitrogens with one attached hydrogen (secondary N) is 1. The Kier molecular flexibility index (Phi) is 5.61. The van der Waals surface area contributed by atoms with Crippen LogP contribution in [0, 0.1) is 11.3 Å². The number of hydrogen-bond acceptors (Lipinski definition) is 6. The molecule has 0 spiro atoms. The van der Waals surface area contributed by atoms with Crippen molar-refractivity contribution in [3.8, 4) is 23.2 Å². The van der Waals surface area contributed by atoms with E-state index in [2.05, 4.69) is 26.3 Å². The first kappa shape index (κ1) is 20.4. The molecule has 0 radical (unpaired) electrons. The summed E-state index contributed by atoms with van der Waals surface area (Å²) in [4.78, 5) is 11.5. The van der Waals surface area contributed by atoms with Crippen LogP contribution >= 0.6 is 11.6 Å². The number of methoxy groups -OCH3 is 1. The molecule has 150 valence electrons. The molecule has 0 bridgehead atoms. The Hall–Kier alpha value is -3.32. The highest BCUT2D eigenvalue weighted by molar-refractivity contribution is 6.28. The van der Waals surface area contributed by atoms with Crippen molar-refractivity contribution in [1.82, 2.24) is 19.5 Å². The number of aryl methyl sites for hydroxylation is 1. The zero-order valence-corrected chi connectivity index (χ0v) is 16.0. The predicted octanol–water partition coefficient (Wildman–Crippen LogP) is 4.23. The van der Waals surface area contributed by atoms with Gasteiger partial charge in [-0.15, -0.1) is 0 Å². The van der Waals surface area contributed by atoms with Crippen molar-refractivity contribution in [2.75, 3.05) is 12.4 Å². The second kappa shape index (κ2) is 7.97. The Balaban J connectivity index is 1.87. The minimum absolute atomic E-state index is 0.0180. The molecule has 0 amide bonds. The second-order valence-corrected chi connectivity index (χ2v) is 6.28. The largest absolute Gasteiger partial charge is 0.491 e. The molecule has 2 heterocycles. The van der Waals surface area contributed by atoms with Gasteiger partial charge in [0.25, 0.3) is 0 Å². The molecule has 0 saturated heterocycles. The molecule has 0 aliphatic rings. The lowest BCUT2D eigenvalue weighted by molar-refractivity contribution is -0.140. The van der Waals surface area contributed by atoms with E-state index in [-0.39, 0.29) is 16.9 Å². The van der Waals surface area contributed by atoms with E-state index in [1.165, 1.54) is 24.9 Å². The molecule has 1 N–H and O–H groups in total. The van der Waals surface area contributed by atoms with Crippen LogP contribution in [-0.4, -0.2) is 26.6 Å². The van der Waals surface area contributed by atoms with Gasteiger partial charge in [0.15, 0.2) is 17.3 Å². The van der Waals surface area contributed by atoms with Crippen molar-refractivity contribution < 1.29 is 17.9 Å². The number of hydrogen-bond donors (Lipinski definition) is 1. The fraction of sp³-hybridized carbons (Fsp3) is 0.222. The zero-order valence-electron chi connectivity index (χ0n) is 15.2. The van der Waals surface area contributed by atoms with Crippen molar-refractivity contribution in [2.45, 2.75) is 12.2 Å². The molecular formula is C18H14ClF3N6O. The molecule has 1 aromatic carbocycles. The van der Waals surface area contributed by atoms with Crippen molar-refractivity contribution in [3.05, 3.63) is 53.2 Å². The molecule has 1 unspecified atom stereocenters. The maximum atomic E-state index is 12.9. The normalized spacial score (nSPS) is 12.3. The molecule has 7 nitrogen and oxygen atoms in total. The van der Waals surface area contributed by atoms with Crippen LogP contribution in [0.3, 0.4) is 0 Å². The average Bonchev–Trinajstić information content (AvgIpc) is 3.08. The molecular weight excluding hydrogens is 409 g/mol. The van der Waals surface area contributed by atoms with Gasteiger partial charge < -0.3 is 14.6 Å². The Morgan fingerprint density at radius 2 is 1.93 bits per heavy atom. The Morgan fingerprint density at radius 1 is 1.24 bits per heavy atom. The highest BCUT2D eigenvalue weighted by Crippen LogP contribution is 2.31. The number of alkyl halides is 3. The van der Waals surface area contributed by atoms with Gasteiger partial charge in [0.1, 0.15) is 11.9 Å².